The van der Waals surface area contributed by atoms with E-state index in [9.17, 15) is 5.26 Å². The van der Waals surface area contributed by atoms with Crippen molar-refractivity contribution in [1.82, 2.24) is 4.57 Å². The quantitative estimate of drug-likeness (QED) is 0.104. The van der Waals surface area contributed by atoms with Crippen molar-refractivity contribution in [1.29, 1.82) is 5.26 Å². The highest BCUT2D eigenvalue weighted by atomic mass is 28.3. The summed E-state index contributed by atoms with van der Waals surface area (Å²) in [6, 6.07) is 64.0. The van der Waals surface area contributed by atoms with Gasteiger partial charge in [-0.2, -0.15) is 5.26 Å². The van der Waals surface area contributed by atoms with Gasteiger partial charge in [0.15, 0.2) is 13.8 Å². The van der Waals surface area contributed by atoms with Crippen LogP contribution in [0.2, 0.25) is 0 Å². The van der Waals surface area contributed by atoms with Crippen molar-refractivity contribution < 1.29 is 0 Å². The van der Waals surface area contributed by atoms with Crippen molar-refractivity contribution in [3.8, 4) is 22.9 Å². The Bertz CT molecular complexity index is 2370. The number of aromatic nitrogens is 1. The molecule has 0 spiro atoms. The van der Waals surface area contributed by atoms with Crippen molar-refractivity contribution in [3.05, 3.63) is 193 Å². The minimum Gasteiger partial charge on any atom is -0.310 e. The number of rotatable bonds is 6. The molecule has 1 heterocycles. The van der Waals surface area contributed by atoms with Crippen LogP contribution in [0.15, 0.2) is 176 Å². The van der Waals surface area contributed by atoms with Gasteiger partial charge in [0.25, 0.3) is 0 Å². The summed E-state index contributed by atoms with van der Waals surface area (Å²) in [6.45, 7) is 7.99. The molecule has 1 aromatic heterocycles. The molecule has 3 nitrogen and oxygen atoms in total. The number of fused-ring (bicyclic) bond motifs is 3. The third-order valence-corrected chi connectivity index (χ3v) is 14.2. The number of hydrogen-bond acceptors (Lipinski definition) is 1. The predicted molar refractivity (Wildman–Crippen MR) is 201 cm³/mol. The van der Waals surface area contributed by atoms with Crippen molar-refractivity contribution in [3.63, 3.8) is 0 Å². The molecule has 0 unspecified atom stereocenters. The van der Waals surface area contributed by atoms with Crippen LogP contribution < -0.4 is 20.7 Å². The van der Waals surface area contributed by atoms with Crippen LogP contribution >= 0.6 is 0 Å². The van der Waals surface area contributed by atoms with Gasteiger partial charge < -0.3 is 4.57 Å². The maximum Gasteiger partial charge on any atom is 0.189 e. The van der Waals surface area contributed by atoms with Gasteiger partial charge in [-0.05, 0) is 56.6 Å². The van der Waals surface area contributed by atoms with E-state index < -0.39 is 8.07 Å². The Morgan fingerprint density at radius 2 is 1.02 bits per heavy atom. The fraction of sp³-hybridized carbons (Fsp3) is 0. The smallest absolute Gasteiger partial charge is 0.189 e. The molecule has 224 valence electrons. The van der Waals surface area contributed by atoms with Gasteiger partial charge in [-0.15, -0.1) is 0 Å². The van der Waals surface area contributed by atoms with Crippen LogP contribution in [0.1, 0.15) is 5.56 Å². The topological polar surface area (TPSA) is 33.1 Å². The van der Waals surface area contributed by atoms with E-state index in [-0.39, 0.29) is 0 Å². The molecule has 0 N–H and O–H groups in total. The summed E-state index contributed by atoms with van der Waals surface area (Å²) in [5, 5.41) is 17.5. The molecule has 0 amide bonds. The Morgan fingerprint density at radius 3 is 1.52 bits per heavy atom. The third-order valence-electron chi connectivity index (χ3n) is 9.39. The predicted octanol–water partition coefficient (Wildman–Crippen LogP) is 8.25. The minimum atomic E-state index is -2.98. The number of nitrogens with zero attached hydrogens (tertiary/aromatic N) is 3. The molecular weight excluding hydrogens is 599 g/mol. The first-order valence-electron chi connectivity index (χ1n) is 16.0. The standard InChI is InChI=1S/C44H29N3Si/c1-46-33-26-27-39(43(30-33)47-41-23-13-11-21-37(41)38-22-12-14-24-42(38)47)40-29-32(31-45)25-28-44(40)48(34-15-5-2-6-16-34,35-17-7-3-8-18-35)36-19-9-4-10-20-36/h2-30H. The molecule has 0 aliphatic heterocycles. The van der Waals surface area contributed by atoms with Gasteiger partial charge in [0.05, 0.1) is 29.2 Å². The number of para-hydroxylation sites is 2. The lowest BCUT2D eigenvalue weighted by molar-refractivity contribution is 1.18. The fourth-order valence-corrected chi connectivity index (χ4v) is 12.3. The van der Waals surface area contributed by atoms with E-state index in [0.29, 0.717) is 11.3 Å². The summed E-state index contributed by atoms with van der Waals surface area (Å²) < 4.78 is 2.29. The zero-order valence-corrected chi connectivity index (χ0v) is 27.1. The molecule has 4 heteroatoms. The third kappa shape index (κ3) is 4.55. The molecule has 0 atom stereocenters. The lowest BCUT2D eigenvalue weighted by Gasteiger charge is -2.36. The Labute approximate surface area is 281 Å². The van der Waals surface area contributed by atoms with Gasteiger partial charge in [0.2, 0.25) is 0 Å². The SMILES string of the molecule is [C-]#[N+]c1ccc(-c2cc(C#N)ccc2[Si](c2ccccc2)(c2ccccc2)c2ccccc2)c(-n2c3ccccc3c3ccccc32)c1. The zero-order chi connectivity index (χ0) is 32.5. The van der Waals surface area contributed by atoms with Crippen LogP contribution in [0.3, 0.4) is 0 Å². The van der Waals surface area contributed by atoms with Gasteiger partial charge in [0, 0.05) is 22.0 Å². The van der Waals surface area contributed by atoms with Crippen LogP contribution in [0.4, 0.5) is 5.69 Å². The highest BCUT2D eigenvalue weighted by Crippen LogP contribution is 2.38. The summed E-state index contributed by atoms with van der Waals surface area (Å²) in [7, 11) is -2.98. The summed E-state index contributed by atoms with van der Waals surface area (Å²) >= 11 is 0. The first kappa shape index (κ1) is 29.0. The van der Waals surface area contributed by atoms with Crippen molar-refractivity contribution in [2.45, 2.75) is 0 Å². The van der Waals surface area contributed by atoms with Gasteiger partial charge >= 0.3 is 0 Å². The van der Waals surface area contributed by atoms with Crippen LogP contribution in [-0.2, 0) is 0 Å². The van der Waals surface area contributed by atoms with E-state index in [1.165, 1.54) is 20.7 Å². The summed E-state index contributed by atoms with van der Waals surface area (Å²) in [5.74, 6) is 0. The van der Waals surface area contributed by atoms with Gasteiger partial charge in [-0.1, -0.05) is 146 Å². The molecule has 0 aliphatic carbocycles. The summed E-state index contributed by atoms with van der Waals surface area (Å²) in [6.07, 6.45) is 0. The van der Waals surface area contributed by atoms with Gasteiger partial charge in [-0.3, -0.25) is 0 Å². The Morgan fingerprint density at radius 1 is 0.521 bits per heavy atom. The van der Waals surface area contributed by atoms with E-state index in [0.717, 1.165) is 38.6 Å². The number of hydrogen-bond donors (Lipinski definition) is 0. The Kier molecular flexibility index (Phi) is 7.27. The molecule has 8 rings (SSSR count). The highest BCUT2D eigenvalue weighted by Gasteiger charge is 2.43. The molecule has 8 aromatic rings. The monoisotopic (exact) mass is 627 g/mol. The molecule has 0 aliphatic rings. The van der Waals surface area contributed by atoms with Crippen molar-refractivity contribution in [2.75, 3.05) is 0 Å². The average molecular weight is 628 g/mol. The second-order valence-corrected chi connectivity index (χ2v) is 15.7. The second kappa shape index (κ2) is 12.0. The molecule has 0 fully saturated rings. The van der Waals surface area contributed by atoms with Gasteiger partial charge in [0.1, 0.15) is 0 Å². The fourth-order valence-electron chi connectivity index (χ4n) is 7.38. The lowest BCUT2D eigenvalue weighted by atomic mass is 10.0. The van der Waals surface area contributed by atoms with E-state index in [2.05, 4.69) is 173 Å². The minimum absolute atomic E-state index is 0.561. The van der Waals surface area contributed by atoms with E-state index in [1.807, 2.05) is 18.2 Å². The van der Waals surface area contributed by atoms with E-state index in [1.54, 1.807) is 0 Å². The first-order chi connectivity index (χ1) is 23.7. The molecule has 0 bridgehead atoms. The molecule has 0 radical (unpaired) electrons. The lowest BCUT2D eigenvalue weighted by Crippen LogP contribution is -2.75. The van der Waals surface area contributed by atoms with E-state index in [4.69, 9.17) is 6.57 Å². The van der Waals surface area contributed by atoms with Crippen LogP contribution in [0, 0.1) is 17.9 Å². The van der Waals surface area contributed by atoms with Crippen LogP contribution in [-0.4, -0.2) is 12.6 Å². The molecule has 0 saturated carbocycles. The number of nitriles is 1. The van der Waals surface area contributed by atoms with Crippen molar-refractivity contribution >= 4 is 56.3 Å². The molecule has 0 saturated heterocycles. The van der Waals surface area contributed by atoms with Crippen molar-refractivity contribution in [2.24, 2.45) is 0 Å². The average Bonchev–Trinajstić information content (AvgIpc) is 3.50. The molecule has 48 heavy (non-hydrogen) atoms. The maximum atomic E-state index is 10.3. The molecular formula is C44H29N3Si. The highest BCUT2D eigenvalue weighted by molar-refractivity contribution is 7.20. The maximum absolute atomic E-state index is 10.3. The largest absolute Gasteiger partial charge is 0.310 e. The Hall–Kier alpha value is -6.46. The molecule has 7 aromatic carbocycles. The zero-order valence-electron chi connectivity index (χ0n) is 26.1. The normalized spacial score (nSPS) is 11.3. The van der Waals surface area contributed by atoms with E-state index >= 15 is 0 Å². The van der Waals surface area contributed by atoms with Crippen LogP contribution in [0.5, 0.6) is 0 Å². The summed E-state index contributed by atoms with van der Waals surface area (Å²) in [4.78, 5) is 3.88. The first-order valence-corrected chi connectivity index (χ1v) is 18.0. The second-order valence-electron chi connectivity index (χ2n) is 11.9. The summed E-state index contributed by atoms with van der Waals surface area (Å²) in [5.41, 5.74) is 6.16. The Balaban J connectivity index is 1.55. The van der Waals surface area contributed by atoms with Gasteiger partial charge in [-0.25, -0.2) is 4.85 Å². The van der Waals surface area contributed by atoms with Crippen LogP contribution in [0.25, 0.3) is 43.5 Å². The number of benzene rings is 7.